The van der Waals surface area contributed by atoms with Gasteiger partial charge in [-0.15, -0.1) is 0 Å². The Morgan fingerprint density at radius 3 is 2.54 bits per heavy atom. The molecular weight excluding hydrogens is 166 g/mol. The van der Waals surface area contributed by atoms with Crippen molar-refractivity contribution in [3.63, 3.8) is 0 Å². The van der Waals surface area contributed by atoms with Gasteiger partial charge in [-0.1, -0.05) is 13.8 Å². The Balaban J connectivity index is 2.66. The molecule has 1 N–H and O–H groups in total. The molecule has 1 rings (SSSR count). The summed E-state index contributed by atoms with van der Waals surface area (Å²) in [6.07, 6.45) is 1.43. The van der Waals surface area contributed by atoms with E-state index in [2.05, 4.69) is 13.8 Å². The molecule has 76 valence electrons. The molecule has 2 atom stereocenters. The summed E-state index contributed by atoms with van der Waals surface area (Å²) in [5.41, 5.74) is 0. The van der Waals surface area contributed by atoms with E-state index in [1.54, 1.807) is 11.8 Å². The van der Waals surface area contributed by atoms with Crippen LogP contribution in [0.25, 0.3) is 0 Å². The first-order valence-corrected chi connectivity index (χ1v) is 4.97. The Kier molecular flexibility index (Phi) is 3.31. The molecule has 0 saturated carbocycles. The summed E-state index contributed by atoms with van der Waals surface area (Å²) in [6, 6.07) is 0.320. The van der Waals surface area contributed by atoms with Crippen molar-refractivity contribution in [1.29, 1.82) is 0 Å². The summed E-state index contributed by atoms with van der Waals surface area (Å²) in [4.78, 5) is 13.1. The topological polar surface area (TPSA) is 40.5 Å². The lowest BCUT2D eigenvalue weighted by molar-refractivity contribution is -0.136. The highest BCUT2D eigenvalue weighted by Gasteiger charge is 2.30. The first-order valence-electron chi connectivity index (χ1n) is 4.97. The van der Waals surface area contributed by atoms with Crippen LogP contribution in [0.1, 0.15) is 33.6 Å². The molecule has 0 aliphatic carbocycles. The van der Waals surface area contributed by atoms with Crippen LogP contribution in [0, 0.1) is 5.92 Å². The molecule has 3 heteroatoms. The van der Waals surface area contributed by atoms with E-state index in [1.165, 1.54) is 0 Å². The smallest absolute Gasteiger partial charge is 0.219 e. The van der Waals surface area contributed by atoms with Crippen molar-refractivity contribution in [1.82, 2.24) is 4.90 Å². The summed E-state index contributed by atoms with van der Waals surface area (Å²) < 4.78 is 0. The molecule has 3 nitrogen and oxygen atoms in total. The van der Waals surface area contributed by atoms with E-state index in [0.717, 1.165) is 12.8 Å². The van der Waals surface area contributed by atoms with Crippen molar-refractivity contribution in [2.45, 2.75) is 45.8 Å². The average Bonchev–Trinajstić information content (AvgIpc) is 2.03. The van der Waals surface area contributed by atoms with E-state index in [-0.39, 0.29) is 12.0 Å². The zero-order valence-corrected chi connectivity index (χ0v) is 8.66. The van der Waals surface area contributed by atoms with Gasteiger partial charge in [0.05, 0.1) is 6.10 Å². The second-order valence-electron chi connectivity index (χ2n) is 4.21. The highest BCUT2D eigenvalue weighted by atomic mass is 16.3. The maximum atomic E-state index is 11.3. The van der Waals surface area contributed by atoms with Crippen LogP contribution < -0.4 is 0 Å². The molecule has 1 aliphatic heterocycles. The van der Waals surface area contributed by atoms with Crippen LogP contribution in [0.5, 0.6) is 0 Å². The number of β-amino-alcohol motifs (C(OH)–C–C–N with tert-alkyl or cyclic N) is 1. The minimum atomic E-state index is -0.320. The van der Waals surface area contributed by atoms with Crippen molar-refractivity contribution in [3.05, 3.63) is 0 Å². The number of hydrogen-bond donors (Lipinski definition) is 1. The molecule has 1 fully saturated rings. The maximum absolute atomic E-state index is 11.3. The molecule has 0 aromatic heterocycles. The first-order chi connectivity index (χ1) is 6.02. The van der Waals surface area contributed by atoms with Gasteiger partial charge in [0.2, 0.25) is 5.91 Å². The Hall–Kier alpha value is -0.570. The highest BCUT2D eigenvalue weighted by molar-refractivity contribution is 5.73. The number of nitrogens with zero attached hydrogens (tertiary/aromatic N) is 1. The molecule has 1 saturated heterocycles. The number of piperidine rings is 1. The minimum Gasteiger partial charge on any atom is -0.391 e. The minimum absolute atomic E-state index is 0.0810. The lowest BCUT2D eigenvalue weighted by Gasteiger charge is -2.39. The molecule has 1 aliphatic rings. The normalized spacial score (nSPS) is 29.5. The van der Waals surface area contributed by atoms with Crippen molar-refractivity contribution in [2.75, 3.05) is 6.54 Å². The maximum Gasteiger partial charge on any atom is 0.219 e. The molecule has 1 heterocycles. The Bertz CT molecular complexity index is 191. The third kappa shape index (κ3) is 2.44. The quantitative estimate of drug-likeness (QED) is 0.662. The molecular formula is C10H19NO2. The number of likely N-dealkylation sites (tertiary alicyclic amines) is 1. The van der Waals surface area contributed by atoms with Gasteiger partial charge in [0.25, 0.3) is 0 Å². The zero-order valence-electron chi connectivity index (χ0n) is 8.66. The van der Waals surface area contributed by atoms with Crippen LogP contribution in [0.2, 0.25) is 0 Å². The third-order valence-electron chi connectivity index (χ3n) is 2.78. The van der Waals surface area contributed by atoms with Gasteiger partial charge < -0.3 is 10.0 Å². The number of aliphatic hydroxyl groups is 1. The molecule has 0 spiro atoms. The van der Waals surface area contributed by atoms with E-state index < -0.39 is 0 Å². The van der Waals surface area contributed by atoms with Gasteiger partial charge in [-0.2, -0.15) is 0 Å². The van der Waals surface area contributed by atoms with Crippen molar-refractivity contribution < 1.29 is 9.90 Å². The second-order valence-corrected chi connectivity index (χ2v) is 4.21. The highest BCUT2D eigenvalue weighted by Crippen LogP contribution is 2.23. The van der Waals surface area contributed by atoms with Gasteiger partial charge in [0, 0.05) is 19.5 Å². The molecule has 0 aromatic carbocycles. The fraction of sp³-hybridized carbons (Fsp3) is 0.900. The summed E-state index contributed by atoms with van der Waals surface area (Å²) in [7, 11) is 0. The van der Waals surface area contributed by atoms with Crippen LogP contribution in [0.4, 0.5) is 0 Å². The first kappa shape index (κ1) is 10.5. The number of rotatable bonds is 1. The largest absolute Gasteiger partial charge is 0.391 e. The van der Waals surface area contributed by atoms with Crippen molar-refractivity contribution in [2.24, 2.45) is 5.92 Å². The molecule has 0 bridgehead atoms. The number of amides is 1. The number of carbonyl (C=O) groups excluding carboxylic acids is 1. The Morgan fingerprint density at radius 2 is 2.08 bits per heavy atom. The van der Waals surface area contributed by atoms with Gasteiger partial charge >= 0.3 is 0 Å². The molecule has 1 unspecified atom stereocenters. The van der Waals surface area contributed by atoms with Gasteiger partial charge in [-0.3, -0.25) is 4.79 Å². The predicted octanol–water partition coefficient (Wildman–Crippen LogP) is 1.01. The van der Waals surface area contributed by atoms with Gasteiger partial charge in [-0.25, -0.2) is 0 Å². The summed E-state index contributed by atoms with van der Waals surface area (Å²) in [5.74, 6) is 0.564. The van der Waals surface area contributed by atoms with Crippen LogP contribution in [0.3, 0.4) is 0 Å². The lowest BCUT2D eigenvalue weighted by Crippen LogP contribution is -2.50. The van der Waals surface area contributed by atoms with E-state index >= 15 is 0 Å². The summed E-state index contributed by atoms with van der Waals surface area (Å²) in [5, 5.41) is 9.43. The van der Waals surface area contributed by atoms with Gasteiger partial charge in [0.15, 0.2) is 0 Å². The van der Waals surface area contributed by atoms with Gasteiger partial charge in [-0.05, 0) is 18.8 Å². The standard InChI is InChI=1S/C10H19NO2/c1-7(2)10-5-4-9(13)6-11(10)8(3)12/h7,9-10,13H,4-6H2,1-3H3/t9-,10?/m1/s1. The van der Waals surface area contributed by atoms with E-state index in [9.17, 15) is 9.90 Å². The Morgan fingerprint density at radius 1 is 1.46 bits per heavy atom. The average molecular weight is 185 g/mol. The van der Waals surface area contributed by atoms with Crippen molar-refractivity contribution >= 4 is 5.91 Å². The summed E-state index contributed by atoms with van der Waals surface area (Å²) >= 11 is 0. The van der Waals surface area contributed by atoms with Crippen LogP contribution in [-0.4, -0.2) is 34.6 Å². The van der Waals surface area contributed by atoms with Gasteiger partial charge in [0.1, 0.15) is 0 Å². The predicted molar refractivity (Wildman–Crippen MR) is 51.3 cm³/mol. The fourth-order valence-corrected chi connectivity index (χ4v) is 2.03. The number of hydrogen-bond acceptors (Lipinski definition) is 2. The fourth-order valence-electron chi connectivity index (χ4n) is 2.03. The molecule has 0 radical (unpaired) electrons. The monoisotopic (exact) mass is 185 g/mol. The Labute approximate surface area is 79.7 Å². The van der Waals surface area contributed by atoms with Crippen LogP contribution in [-0.2, 0) is 4.79 Å². The van der Waals surface area contributed by atoms with Crippen LogP contribution in [0.15, 0.2) is 0 Å². The van der Waals surface area contributed by atoms with E-state index in [0.29, 0.717) is 18.5 Å². The van der Waals surface area contributed by atoms with Crippen LogP contribution >= 0.6 is 0 Å². The molecule has 1 amide bonds. The number of aliphatic hydroxyl groups excluding tert-OH is 1. The number of carbonyl (C=O) groups is 1. The SMILES string of the molecule is CC(=O)N1C[C@H](O)CCC1C(C)C. The molecule has 13 heavy (non-hydrogen) atoms. The van der Waals surface area contributed by atoms with E-state index in [1.807, 2.05) is 0 Å². The third-order valence-corrected chi connectivity index (χ3v) is 2.78. The van der Waals surface area contributed by atoms with E-state index in [4.69, 9.17) is 0 Å². The second kappa shape index (κ2) is 4.09. The summed E-state index contributed by atoms with van der Waals surface area (Å²) in [6.45, 7) is 6.34. The molecule has 0 aromatic rings. The lowest BCUT2D eigenvalue weighted by atomic mass is 9.91. The zero-order chi connectivity index (χ0) is 10.0. The van der Waals surface area contributed by atoms with Crippen molar-refractivity contribution in [3.8, 4) is 0 Å².